The third-order valence-corrected chi connectivity index (χ3v) is 2.19. The van der Waals surface area contributed by atoms with E-state index < -0.39 is 12.0 Å². The number of amides is 1. The molecule has 0 bridgehead atoms. The van der Waals surface area contributed by atoms with E-state index in [4.69, 9.17) is 5.11 Å². The molecule has 1 aromatic carbocycles. The van der Waals surface area contributed by atoms with E-state index >= 15 is 0 Å². The number of aliphatic carboxylic acids is 1. The molecule has 1 rings (SSSR count). The molecular formula is C12H13NO4. The first kappa shape index (κ1) is 12.9. The average molecular weight is 235 g/mol. The van der Waals surface area contributed by atoms with Crippen LogP contribution in [0.1, 0.15) is 23.2 Å². The maximum atomic E-state index is 11.6. The van der Waals surface area contributed by atoms with Crippen LogP contribution < -0.4 is 5.32 Å². The molecule has 0 heterocycles. The number of hydrogen-bond acceptors (Lipinski definition) is 3. The van der Waals surface area contributed by atoms with Crippen LogP contribution in [0.4, 0.5) is 0 Å². The van der Waals surface area contributed by atoms with Gasteiger partial charge < -0.3 is 15.2 Å². The van der Waals surface area contributed by atoms with E-state index in [0.717, 1.165) is 0 Å². The Morgan fingerprint density at radius 1 is 1.29 bits per heavy atom. The molecule has 0 aliphatic rings. The summed E-state index contributed by atoms with van der Waals surface area (Å²) in [6.45, 7) is 0. The zero-order chi connectivity index (χ0) is 12.7. The Labute approximate surface area is 98.4 Å². The molecule has 0 spiro atoms. The van der Waals surface area contributed by atoms with Crippen LogP contribution in [0.5, 0.6) is 0 Å². The van der Waals surface area contributed by atoms with Gasteiger partial charge in [-0.25, -0.2) is 0 Å². The quantitative estimate of drug-likeness (QED) is 0.716. The summed E-state index contributed by atoms with van der Waals surface area (Å²) in [4.78, 5) is 32.7. The number of aldehydes is 1. The van der Waals surface area contributed by atoms with Crippen LogP contribution in [0.25, 0.3) is 0 Å². The van der Waals surface area contributed by atoms with E-state index in [1.165, 1.54) is 0 Å². The van der Waals surface area contributed by atoms with E-state index in [0.29, 0.717) is 11.8 Å². The van der Waals surface area contributed by atoms with Crippen LogP contribution in [0.3, 0.4) is 0 Å². The summed E-state index contributed by atoms with van der Waals surface area (Å²) in [5.74, 6) is -1.38. The highest BCUT2D eigenvalue weighted by Crippen LogP contribution is 2.01. The standard InChI is InChI=1S/C12H13NO4/c14-8-10(6-7-11(15)16)13-12(17)9-4-2-1-3-5-9/h1-5,8,10H,6-7H2,(H,13,17)(H,15,16). The molecule has 90 valence electrons. The maximum Gasteiger partial charge on any atom is 0.303 e. The number of rotatable bonds is 6. The summed E-state index contributed by atoms with van der Waals surface area (Å²) in [5, 5.41) is 10.9. The van der Waals surface area contributed by atoms with Crippen LogP contribution in [-0.4, -0.2) is 29.3 Å². The lowest BCUT2D eigenvalue weighted by Gasteiger charge is -2.11. The Bertz CT molecular complexity index is 402. The van der Waals surface area contributed by atoms with Gasteiger partial charge in [-0.1, -0.05) is 18.2 Å². The maximum absolute atomic E-state index is 11.6. The van der Waals surface area contributed by atoms with Crippen molar-refractivity contribution >= 4 is 18.2 Å². The number of hydrogen-bond donors (Lipinski definition) is 2. The molecule has 0 aromatic heterocycles. The smallest absolute Gasteiger partial charge is 0.303 e. The zero-order valence-corrected chi connectivity index (χ0v) is 9.13. The second kappa shape index (κ2) is 6.42. The summed E-state index contributed by atoms with van der Waals surface area (Å²) < 4.78 is 0. The molecule has 0 saturated heterocycles. The first-order chi connectivity index (χ1) is 8.13. The van der Waals surface area contributed by atoms with Gasteiger partial charge in [0.1, 0.15) is 6.29 Å². The van der Waals surface area contributed by atoms with E-state index in [1.807, 2.05) is 0 Å². The van der Waals surface area contributed by atoms with Crippen molar-refractivity contribution in [2.75, 3.05) is 0 Å². The highest BCUT2D eigenvalue weighted by molar-refractivity contribution is 5.95. The predicted molar refractivity (Wildman–Crippen MR) is 60.6 cm³/mol. The van der Waals surface area contributed by atoms with E-state index in [9.17, 15) is 14.4 Å². The van der Waals surface area contributed by atoms with Gasteiger partial charge in [-0.05, 0) is 18.6 Å². The van der Waals surface area contributed by atoms with Crippen LogP contribution >= 0.6 is 0 Å². The van der Waals surface area contributed by atoms with Crippen molar-refractivity contribution < 1.29 is 19.5 Å². The largest absolute Gasteiger partial charge is 0.481 e. The van der Waals surface area contributed by atoms with Gasteiger partial charge >= 0.3 is 5.97 Å². The summed E-state index contributed by atoms with van der Waals surface area (Å²) in [6.07, 6.45) is 0.486. The van der Waals surface area contributed by atoms with Crippen LogP contribution in [0, 0.1) is 0 Å². The lowest BCUT2D eigenvalue weighted by molar-refractivity contribution is -0.137. The monoisotopic (exact) mass is 235 g/mol. The first-order valence-corrected chi connectivity index (χ1v) is 5.16. The average Bonchev–Trinajstić information content (AvgIpc) is 2.35. The third kappa shape index (κ3) is 4.46. The Kier molecular flexibility index (Phi) is 4.87. The fourth-order valence-electron chi connectivity index (χ4n) is 1.29. The minimum absolute atomic E-state index is 0.0946. The molecule has 1 amide bonds. The van der Waals surface area contributed by atoms with E-state index in [-0.39, 0.29) is 18.7 Å². The zero-order valence-electron chi connectivity index (χ0n) is 9.13. The van der Waals surface area contributed by atoms with E-state index in [1.54, 1.807) is 30.3 Å². The normalized spacial score (nSPS) is 11.5. The molecular weight excluding hydrogens is 222 g/mol. The van der Waals surface area contributed by atoms with Gasteiger partial charge in [0.15, 0.2) is 0 Å². The molecule has 1 atom stereocenters. The molecule has 17 heavy (non-hydrogen) atoms. The Morgan fingerprint density at radius 3 is 2.47 bits per heavy atom. The molecule has 0 saturated carbocycles. The molecule has 1 aromatic rings. The molecule has 2 N–H and O–H groups in total. The Morgan fingerprint density at radius 2 is 1.94 bits per heavy atom. The minimum Gasteiger partial charge on any atom is -0.481 e. The fraction of sp³-hybridized carbons (Fsp3) is 0.250. The fourth-order valence-corrected chi connectivity index (χ4v) is 1.29. The van der Waals surface area contributed by atoms with Crippen LogP contribution in [0.15, 0.2) is 30.3 Å². The number of benzene rings is 1. The van der Waals surface area contributed by atoms with Gasteiger partial charge in [0.05, 0.1) is 6.04 Å². The molecule has 0 aliphatic heterocycles. The van der Waals surface area contributed by atoms with Gasteiger partial charge in [-0.2, -0.15) is 0 Å². The summed E-state index contributed by atoms with van der Waals surface area (Å²) in [5.41, 5.74) is 0.440. The second-order valence-electron chi connectivity index (χ2n) is 3.51. The molecule has 0 aliphatic carbocycles. The lowest BCUT2D eigenvalue weighted by atomic mass is 10.1. The van der Waals surface area contributed by atoms with Gasteiger partial charge in [0, 0.05) is 12.0 Å². The first-order valence-electron chi connectivity index (χ1n) is 5.16. The summed E-state index contributed by atoms with van der Waals surface area (Å²) in [6, 6.07) is 7.67. The number of carbonyl (C=O) groups is 3. The second-order valence-corrected chi connectivity index (χ2v) is 3.51. The third-order valence-electron chi connectivity index (χ3n) is 2.19. The van der Waals surface area contributed by atoms with Gasteiger partial charge in [-0.3, -0.25) is 9.59 Å². The lowest BCUT2D eigenvalue weighted by Crippen LogP contribution is -2.36. The van der Waals surface area contributed by atoms with Crippen molar-refractivity contribution in [3.63, 3.8) is 0 Å². The number of nitrogens with one attached hydrogen (secondary N) is 1. The Balaban J connectivity index is 2.54. The van der Waals surface area contributed by atoms with Crippen molar-refractivity contribution in [2.45, 2.75) is 18.9 Å². The highest BCUT2D eigenvalue weighted by Gasteiger charge is 2.13. The van der Waals surface area contributed by atoms with Crippen LogP contribution in [-0.2, 0) is 9.59 Å². The van der Waals surface area contributed by atoms with Gasteiger partial charge in [-0.15, -0.1) is 0 Å². The predicted octanol–water partition coefficient (Wildman–Crippen LogP) is 0.849. The van der Waals surface area contributed by atoms with E-state index in [2.05, 4.69) is 5.32 Å². The Hall–Kier alpha value is -2.17. The molecule has 5 nitrogen and oxygen atoms in total. The van der Waals surface area contributed by atoms with Gasteiger partial charge in [0.25, 0.3) is 5.91 Å². The summed E-state index contributed by atoms with van der Waals surface area (Å²) in [7, 11) is 0. The van der Waals surface area contributed by atoms with Crippen molar-refractivity contribution in [1.82, 2.24) is 5.32 Å². The van der Waals surface area contributed by atoms with Crippen molar-refractivity contribution in [2.24, 2.45) is 0 Å². The number of carboxylic acid groups (broad SMARTS) is 1. The highest BCUT2D eigenvalue weighted by atomic mass is 16.4. The topological polar surface area (TPSA) is 83.5 Å². The molecule has 1 unspecified atom stereocenters. The molecule has 0 radical (unpaired) electrons. The van der Waals surface area contributed by atoms with Crippen LogP contribution in [0.2, 0.25) is 0 Å². The SMILES string of the molecule is O=CC(CCC(=O)O)NC(=O)c1ccccc1. The number of carboxylic acids is 1. The number of carbonyl (C=O) groups excluding carboxylic acids is 2. The molecule has 0 fully saturated rings. The van der Waals surface area contributed by atoms with Crippen molar-refractivity contribution in [3.8, 4) is 0 Å². The minimum atomic E-state index is -0.995. The van der Waals surface area contributed by atoms with Crippen molar-refractivity contribution in [1.29, 1.82) is 0 Å². The van der Waals surface area contributed by atoms with Gasteiger partial charge in [0.2, 0.25) is 0 Å². The summed E-state index contributed by atoms with van der Waals surface area (Å²) >= 11 is 0. The molecule has 5 heteroatoms. The van der Waals surface area contributed by atoms with Crippen molar-refractivity contribution in [3.05, 3.63) is 35.9 Å².